The van der Waals surface area contributed by atoms with Crippen molar-refractivity contribution in [2.45, 2.75) is 65.1 Å². The van der Waals surface area contributed by atoms with E-state index in [0.717, 1.165) is 36.8 Å². The van der Waals surface area contributed by atoms with E-state index < -0.39 is 6.04 Å². The molecule has 0 heterocycles. The number of nitrogens with one attached hydrogen (secondary N) is 1. The molecule has 2 aromatic rings. The van der Waals surface area contributed by atoms with Gasteiger partial charge in [-0.3, -0.25) is 9.59 Å². The first-order valence-corrected chi connectivity index (χ1v) is 10.8. The van der Waals surface area contributed by atoms with Gasteiger partial charge in [0.25, 0.3) is 5.91 Å². The Morgan fingerprint density at radius 2 is 1.77 bits per heavy atom. The summed E-state index contributed by atoms with van der Waals surface area (Å²) in [5.41, 5.74) is 3.28. The van der Waals surface area contributed by atoms with Gasteiger partial charge in [0.05, 0.1) is 0 Å². The molecule has 1 fully saturated rings. The largest absolute Gasteiger partial charge is 0.484 e. The summed E-state index contributed by atoms with van der Waals surface area (Å²) >= 11 is 0. The number of carbonyl (C=O) groups is 2. The van der Waals surface area contributed by atoms with Crippen molar-refractivity contribution in [1.82, 2.24) is 10.2 Å². The fourth-order valence-corrected chi connectivity index (χ4v) is 3.79. The molecule has 0 aliphatic heterocycles. The minimum atomic E-state index is -0.568. The van der Waals surface area contributed by atoms with Crippen molar-refractivity contribution >= 4 is 11.8 Å². The van der Waals surface area contributed by atoms with Gasteiger partial charge in [-0.25, -0.2) is 0 Å². The minimum absolute atomic E-state index is 0.0997. The van der Waals surface area contributed by atoms with Crippen LogP contribution in [0.4, 0.5) is 0 Å². The molecule has 30 heavy (non-hydrogen) atoms. The summed E-state index contributed by atoms with van der Waals surface area (Å²) in [6, 6.07) is 15.2. The van der Waals surface area contributed by atoms with Crippen molar-refractivity contribution in [2.75, 3.05) is 6.61 Å². The van der Waals surface area contributed by atoms with Crippen molar-refractivity contribution in [2.24, 2.45) is 0 Å². The van der Waals surface area contributed by atoms with Crippen LogP contribution in [0.2, 0.25) is 0 Å². The van der Waals surface area contributed by atoms with Crippen molar-refractivity contribution in [3.8, 4) is 5.75 Å². The first-order chi connectivity index (χ1) is 14.4. The van der Waals surface area contributed by atoms with Crippen molar-refractivity contribution in [3.63, 3.8) is 0 Å². The first kappa shape index (κ1) is 21.9. The van der Waals surface area contributed by atoms with Crippen LogP contribution in [0, 0.1) is 13.8 Å². The standard InChI is InChI=1S/C25H32N2O3/c1-18-13-14-23(15-19(18)2)30-17-24(28)27(16-21-9-5-4-6-10-21)20(3)25(29)26-22-11-7-8-12-22/h4-6,9-10,13-15,20,22H,7-8,11-12,16-17H2,1-3H3,(H,26,29)/t20-/m0/s1. The zero-order valence-corrected chi connectivity index (χ0v) is 18.2. The molecule has 0 saturated heterocycles. The minimum Gasteiger partial charge on any atom is -0.484 e. The molecule has 0 unspecified atom stereocenters. The third-order valence-electron chi connectivity index (χ3n) is 5.91. The van der Waals surface area contributed by atoms with Crippen molar-refractivity contribution in [3.05, 3.63) is 65.2 Å². The Kier molecular flexibility index (Phi) is 7.50. The average Bonchev–Trinajstić information content (AvgIpc) is 3.26. The third-order valence-corrected chi connectivity index (χ3v) is 5.91. The predicted octanol–water partition coefficient (Wildman–Crippen LogP) is 4.16. The lowest BCUT2D eigenvalue weighted by Crippen LogP contribution is -2.50. The number of nitrogens with zero attached hydrogens (tertiary/aromatic N) is 1. The molecule has 0 aromatic heterocycles. The van der Waals surface area contributed by atoms with Gasteiger partial charge in [-0.1, -0.05) is 49.2 Å². The summed E-state index contributed by atoms with van der Waals surface area (Å²) in [6.07, 6.45) is 4.33. The normalized spacial score (nSPS) is 14.9. The molecule has 160 valence electrons. The Morgan fingerprint density at radius 1 is 1.07 bits per heavy atom. The predicted molar refractivity (Wildman–Crippen MR) is 118 cm³/mol. The molecule has 1 N–H and O–H groups in total. The van der Waals surface area contributed by atoms with Crippen LogP contribution in [-0.4, -0.2) is 35.4 Å². The van der Waals surface area contributed by atoms with Crippen LogP contribution >= 0.6 is 0 Å². The molecular weight excluding hydrogens is 376 g/mol. The average molecular weight is 409 g/mol. The fraction of sp³-hybridized carbons (Fsp3) is 0.440. The number of aryl methyl sites for hydroxylation is 2. The molecule has 2 aromatic carbocycles. The molecule has 2 amide bonds. The van der Waals surface area contributed by atoms with Crippen LogP contribution in [0.1, 0.15) is 49.3 Å². The number of hydrogen-bond acceptors (Lipinski definition) is 3. The Balaban J connectivity index is 1.69. The van der Waals surface area contributed by atoms with Gasteiger partial charge < -0.3 is 15.0 Å². The summed E-state index contributed by atoms with van der Waals surface area (Å²) in [5.74, 6) is 0.359. The van der Waals surface area contributed by atoms with Gasteiger partial charge in [0.1, 0.15) is 11.8 Å². The Hall–Kier alpha value is -2.82. The van der Waals surface area contributed by atoms with Gasteiger partial charge in [-0.15, -0.1) is 0 Å². The van der Waals surface area contributed by atoms with Gasteiger partial charge >= 0.3 is 0 Å². The van der Waals surface area contributed by atoms with Gasteiger partial charge in [-0.05, 0) is 62.4 Å². The highest BCUT2D eigenvalue weighted by molar-refractivity contribution is 5.88. The zero-order chi connectivity index (χ0) is 21.5. The van der Waals surface area contributed by atoms with E-state index in [-0.39, 0.29) is 24.5 Å². The summed E-state index contributed by atoms with van der Waals surface area (Å²) in [6.45, 7) is 6.12. The summed E-state index contributed by atoms with van der Waals surface area (Å²) in [7, 11) is 0. The zero-order valence-electron chi connectivity index (χ0n) is 18.2. The van der Waals surface area contributed by atoms with Gasteiger partial charge in [0.2, 0.25) is 5.91 Å². The van der Waals surface area contributed by atoms with Crippen LogP contribution in [0.25, 0.3) is 0 Å². The Bertz CT molecular complexity index is 860. The van der Waals surface area contributed by atoms with E-state index in [2.05, 4.69) is 5.32 Å². The second-order valence-electron chi connectivity index (χ2n) is 8.21. The lowest BCUT2D eigenvalue weighted by Gasteiger charge is -2.29. The molecule has 3 rings (SSSR count). The van der Waals surface area contributed by atoms with E-state index in [1.165, 1.54) is 5.56 Å². The molecule has 5 heteroatoms. The third kappa shape index (κ3) is 5.85. The lowest BCUT2D eigenvalue weighted by molar-refractivity contribution is -0.142. The maximum atomic E-state index is 13.1. The number of rotatable bonds is 8. The number of carbonyl (C=O) groups excluding carboxylic acids is 2. The quantitative estimate of drug-likeness (QED) is 0.714. The molecule has 1 atom stereocenters. The van der Waals surface area contributed by atoms with Crippen LogP contribution in [0.15, 0.2) is 48.5 Å². The van der Waals surface area contributed by atoms with E-state index in [1.807, 2.05) is 62.4 Å². The molecule has 1 saturated carbocycles. The van der Waals surface area contributed by atoms with E-state index in [1.54, 1.807) is 11.8 Å². The molecule has 0 radical (unpaired) electrons. The maximum absolute atomic E-state index is 13.1. The van der Waals surface area contributed by atoms with Crippen LogP contribution in [0.3, 0.4) is 0 Å². The number of ether oxygens (including phenoxy) is 1. The highest BCUT2D eigenvalue weighted by atomic mass is 16.5. The Morgan fingerprint density at radius 3 is 2.43 bits per heavy atom. The van der Waals surface area contributed by atoms with Gasteiger partial charge in [0.15, 0.2) is 6.61 Å². The molecule has 1 aliphatic carbocycles. The Labute approximate surface area is 179 Å². The molecule has 0 bridgehead atoms. The summed E-state index contributed by atoms with van der Waals surface area (Å²) < 4.78 is 5.76. The smallest absolute Gasteiger partial charge is 0.261 e. The van der Waals surface area contributed by atoms with Crippen LogP contribution in [0.5, 0.6) is 5.75 Å². The van der Waals surface area contributed by atoms with Crippen LogP contribution in [-0.2, 0) is 16.1 Å². The molecule has 1 aliphatic rings. The van der Waals surface area contributed by atoms with Gasteiger partial charge in [-0.2, -0.15) is 0 Å². The van der Waals surface area contributed by atoms with Gasteiger partial charge in [0, 0.05) is 12.6 Å². The monoisotopic (exact) mass is 408 g/mol. The van der Waals surface area contributed by atoms with Crippen molar-refractivity contribution < 1.29 is 14.3 Å². The maximum Gasteiger partial charge on any atom is 0.261 e. The lowest BCUT2D eigenvalue weighted by atomic mass is 10.1. The highest BCUT2D eigenvalue weighted by Crippen LogP contribution is 2.19. The second-order valence-corrected chi connectivity index (χ2v) is 8.21. The molecule has 0 spiro atoms. The van der Waals surface area contributed by atoms with E-state index in [0.29, 0.717) is 12.3 Å². The second kappa shape index (κ2) is 10.3. The molecular formula is C25H32N2O3. The van der Waals surface area contributed by atoms with E-state index in [4.69, 9.17) is 4.74 Å². The van der Waals surface area contributed by atoms with E-state index >= 15 is 0 Å². The van der Waals surface area contributed by atoms with Crippen LogP contribution < -0.4 is 10.1 Å². The first-order valence-electron chi connectivity index (χ1n) is 10.8. The molecule has 5 nitrogen and oxygen atoms in total. The van der Waals surface area contributed by atoms with Crippen molar-refractivity contribution in [1.29, 1.82) is 0 Å². The van der Waals surface area contributed by atoms with E-state index in [9.17, 15) is 9.59 Å². The summed E-state index contributed by atoms with van der Waals surface area (Å²) in [5, 5.41) is 3.11. The summed E-state index contributed by atoms with van der Waals surface area (Å²) in [4.78, 5) is 27.5. The fourth-order valence-electron chi connectivity index (χ4n) is 3.79. The highest BCUT2D eigenvalue weighted by Gasteiger charge is 2.28. The number of hydrogen-bond donors (Lipinski definition) is 1. The SMILES string of the molecule is Cc1ccc(OCC(=O)N(Cc2ccccc2)[C@@H](C)C(=O)NC2CCCC2)cc1C. The number of amides is 2. The number of benzene rings is 2. The topological polar surface area (TPSA) is 58.6 Å².